The van der Waals surface area contributed by atoms with Gasteiger partial charge in [0.05, 0.1) is 6.61 Å². The van der Waals surface area contributed by atoms with Crippen molar-refractivity contribution >= 4 is 0 Å². The van der Waals surface area contributed by atoms with Gasteiger partial charge in [-0.05, 0) is 31.6 Å². The zero-order valence-corrected chi connectivity index (χ0v) is 8.83. The van der Waals surface area contributed by atoms with Gasteiger partial charge in [-0.1, -0.05) is 6.92 Å². The zero-order valence-electron chi connectivity index (χ0n) is 8.83. The Hall–Kier alpha value is -0.0800. The summed E-state index contributed by atoms with van der Waals surface area (Å²) in [5.74, 6) is 1.97. The van der Waals surface area contributed by atoms with Gasteiger partial charge >= 0.3 is 0 Å². The first-order chi connectivity index (χ1) is 6.27. The average molecular weight is 183 g/mol. The van der Waals surface area contributed by atoms with E-state index in [0.717, 1.165) is 25.0 Å². The van der Waals surface area contributed by atoms with E-state index in [4.69, 9.17) is 4.74 Å². The van der Waals surface area contributed by atoms with Gasteiger partial charge < -0.3 is 4.74 Å². The van der Waals surface area contributed by atoms with Crippen molar-refractivity contribution in [3.63, 3.8) is 0 Å². The van der Waals surface area contributed by atoms with E-state index in [2.05, 4.69) is 18.7 Å². The summed E-state index contributed by atoms with van der Waals surface area (Å²) in [6, 6.07) is 0.635. The van der Waals surface area contributed by atoms with Crippen molar-refractivity contribution in [2.75, 3.05) is 26.3 Å². The van der Waals surface area contributed by atoms with Crippen LogP contribution in [0.3, 0.4) is 0 Å². The van der Waals surface area contributed by atoms with Crippen molar-refractivity contribution in [1.82, 2.24) is 4.90 Å². The lowest BCUT2D eigenvalue weighted by atomic mass is 10.2. The molecule has 0 amide bonds. The second kappa shape index (κ2) is 3.97. The molecule has 76 valence electrons. The molecule has 3 atom stereocenters. The van der Waals surface area contributed by atoms with Crippen molar-refractivity contribution in [2.24, 2.45) is 11.8 Å². The molecule has 1 aliphatic heterocycles. The van der Waals surface area contributed by atoms with Gasteiger partial charge in [-0.25, -0.2) is 0 Å². The van der Waals surface area contributed by atoms with Crippen LogP contribution in [-0.4, -0.2) is 37.2 Å². The van der Waals surface area contributed by atoms with Crippen LogP contribution in [0.15, 0.2) is 0 Å². The molecule has 3 unspecified atom stereocenters. The molecule has 0 aromatic heterocycles. The molecule has 2 aliphatic rings. The lowest BCUT2D eigenvalue weighted by Gasteiger charge is -2.26. The first kappa shape index (κ1) is 9.47. The summed E-state index contributed by atoms with van der Waals surface area (Å²) in [6.45, 7) is 9.10. The van der Waals surface area contributed by atoms with E-state index in [1.807, 2.05) is 0 Å². The van der Waals surface area contributed by atoms with Crippen molar-refractivity contribution in [3.8, 4) is 0 Å². The van der Waals surface area contributed by atoms with Gasteiger partial charge in [0.15, 0.2) is 0 Å². The van der Waals surface area contributed by atoms with Gasteiger partial charge in [0.25, 0.3) is 0 Å². The molecular weight excluding hydrogens is 162 g/mol. The second-order valence-corrected chi connectivity index (χ2v) is 4.75. The average Bonchev–Trinajstić information content (AvgIpc) is 2.81. The summed E-state index contributed by atoms with van der Waals surface area (Å²) in [6.07, 6.45) is 2.66. The number of hydrogen-bond donors (Lipinski definition) is 0. The molecule has 1 saturated carbocycles. The predicted molar refractivity (Wildman–Crippen MR) is 53.7 cm³/mol. The monoisotopic (exact) mass is 183 g/mol. The molecule has 0 N–H and O–H groups in total. The minimum absolute atomic E-state index is 0.635. The summed E-state index contributed by atoms with van der Waals surface area (Å²) in [4.78, 5) is 2.61. The number of ether oxygens (including phenoxy) is 1. The molecule has 0 spiro atoms. The Labute approximate surface area is 81.3 Å². The SMILES string of the molecule is CC1CC1CN1CCCOCC1C. The van der Waals surface area contributed by atoms with Crippen LogP contribution < -0.4 is 0 Å². The van der Waals surface area contributed by atoms with Gasteiger partial charge in [-0.2, -0.15) is 0 Å². The third kappa shape index (κ3) is 2.44. The fourth-order valence-electron chi connectivity index (χ4n) is 2.18. The standard InChI is InChI=1S/C11H21NO/c1-9-6-11(9)7-12-4-3-5-13-8-10(12)2/h9-11H,3-8H2,1-2H3. The van der Waals surface area contributed by atoms with Crippen molar-refractivity contribution in [3.05, 3.63) is 0 Å². The lowest BCUT2D eigenvalue weighted by molar-refractivity contribution is 0.106. The molecule has 0 bridgehead atoms. The molecular formula is C11H21NO. The summed E-state index contributed by atoms with van der Waals surface area (Å²) in [5.41, 5.74) is 0. The van der Waals surface area contributed by atoms with Gasteiger partial charge in [0, 0.05) is 25.7 Å². The number of rotatable bonds is 2. The Morgan fingerprint density at radius 1 is 1.38 bits per heavy atom. The van der Waals surface area contributed by atoms with Crippen molar-refractivity contribution in [1.29, 1.82) is 0 Å². The molecule has 0 aromatic carbocycles. The Balaban J connectivity index is 1.80. The first-order valence-electron chi connectivity index (χ1n) is 5.59. The highest BCUT2D eigenvalue weighted by Gasteiger charge is 2.35. The Bertz CT molecular complexity index is 171. The minimum Gasteiger partial charge on any atom is -0.380 e. The molecule has 1 heterocycles. The quantitative estimate of drug-likeness (QED) is 0.646. The van der Waals surface area contributed by atoms with Gasteiger partial charge in [-0.3, -0.25) is 4.90 Å². The van der Waals surface area contributed by atoms with Gasteiger partial charge in [0.1, 0.15) is 0 Å². The van der Waals surface area contributed by atoms with Gasteiger partial charge in [-0.15, -0.1) is 0 Å². The molecule has 2 fully saturated rings. The van der Waals surface area contributed by atoms with Crippen molar-refractivity contribution in [2.45, 2.75) is 32.7 Å². The largest absolute Gasteiger partial charge is 0.380 e. The third-order valence-corrected chi connectivity index (χ3v) is 3.46. The maximum Gasteiger partial charge on any atom is 0.0619 e. The Morgan fingerprint density at radius 2 is 2.15 bits per heavy atom. The highest BCUT2D eigenvalue weighted by molar-refractivity contribution is 4.86. The highest BCUT2D eigenvalue weighted by Crippen LogP contribution is 2.38. The highest BCUT2D eigenvalue weighted by atomic mass is 16.5. The van der Waals surface area contributed by atoms with E-state index in [0.29, 0.717) is 6.04 Å². The third-order valence-electron chi connectivity index (χ3n) is 3.46. The fraction of sp³-hybridized carbons (Fsp3) is 1.00. The smallest absolute Gasteiger partial charge is 0.0619 e. The molecule has 0 aromatic rings. The van der Waals surface area contributed by atoms with Crippen LogP contribution in [0, 0.1) is 11.8 Å². The van der Waals surface area contributed by atoms with Crippen LogP contribution in [0.25, 0.3) is 0 Å². The van der Waals surface area contributed by atoms with Crippen LogP contribution >= 0.6 is 0 Å². The topological polar surface area (TPSA) is 12.5 Å². The predicted octanol–water partition coefficient (Wildman–Crippen LogP) is 1.75. The zero-order chi connectivity index (χ0) is 9.26. The maximum absolute atomic E-state index is 5.52. The summed E-state index contributed by atoms with van der Waals surface area (Å²) in [7, 11) is 0. The second-order valence-electron chi connectivity index (χ2n) is 4.75. The maximum atomic E-state index is 5.52. The molecule has 1 aliphatic carbocycles. The van der Waals surface area contributed by atoms with Gasteiger partial charge in [0.2, 0.25) is 0 Å². The molecule has 1 saturated heterocycles. The summed E-state index contributed by atoms with van der Waals surface area (Å²) >= 11 is 0. The molecule has 0 radical (unpaired) electrons. The van der Waals surface area contributed by atoms with Crippen molar-refractivity contribution < 1.29 is 4.74 Å². The Kier molecular flexibility index (Phi) is 2.89. The lowest BCUT2D eigenvalue weighted by Crippen LogP contribution is -2.36. The van der Waals surface area contributed by atoms with E-state index in [-0.39, 0.29) is 0 Å². The summed E-state index contributed by atoms with van der Waals surface area (Å²) < 4.78 is 5.52. The van der Waals surface area contributed by atoms with E-state index >= 15 is 0 Å². The number of nitrogens with zero attached hydrogens (tertiary/aromatic N) is 1. The van der Waals surface area contributed by atoms with Crippen LogP contribution in [0.2, 0.25) is 0 Å². The molecule has 2 heteroatoms. The minimum atomic E-state index is 0.635. The molecule has 13 heavy (non-hydrogen) atoms. The first-order valence-corrected chi connectivity index (χ1v) is 5.59. The van der Waals surface area contributed by atoms with Crippen LogP contribution in [0.1, 0.15) is 26.7 Å². The summed E-state index contributed by atoms with van der Waals surface area (Å²) in [5, 5.41) is 0. The fourth-order valence-corrected chi connectivity index (χ4v) is 2.18. The molecule has 2 nitrogen and oxygen atoms in total. The van der Waals surface area contributed by atoms with E-state index in [1.54, 1.807) is 0 Å². The number of hydrogen-bond acceptors (Lipinski definition) is 2. The van der Waals surface area contributed by atoms with Crippen LogP contribution in [0.5, 0.6) is 0 Å². The van der Waals surface area contributed by atoms with E-state index in [1.165, 1.54) is 25.9 Å². The molecule has 2 rings (SSSR count). The van der Waals surface area contributed by atoms with Crippen LogP contribution in [0.4, 0.5) is 0 Å². The van der Waals surface area contributed by atoms with Crippen LogP contribution in [-0.2, 0) is 4.74 Å². The van der Waals surface area contributed by atoms with E-state index in [9.17, 15) is 0 Å². The Morgan fingerprint density at radius 3 is 2.85 bits per heavy atom. The normalized spacial score (nSPS) is 41.5. The van der Waals surface area contributed by atoms with E-state index < -0.39 is 0 Å².